The fraction of sp³-hybridized carbons (Fsp3) is 0.650. The lowest BCUT2D eigenvalue weighted by molar-refractivity contribution is 0.157. The molecule has 7 nitrogen and oxygen atoms in total. The second kappa shape index (κ2) is 13.3. The summed E-state index contributed by atoms with van der Waals surface area (Å²) in [5, 5.41) is 6.37. The molecule has 0 heterocycles. The molecule has 10 heteroatoms. The predicted molar refractivity (Wildman–Crippen MR) is 128 cm³/mol. The van der Waals surface area contributed by atoms with Crippen LogP contribution in [0.25, 0.3) is 0 Å². The second-order valence-electron chi connectivity index (χ2n) is 7.31. The Morgan fingerprint density at radius 3 is 2.67 bits per heavy atom. The first kappa shape index (κ1) is 26.9. The number of hydrogen-bond donors (Lipinski definition) is 2. The lowest BCUT2D eigenvalue weighted by Crippen LogP contribution is -2.39. The van der Waals surface area contributed by atoms with E-state index >= 15 is 0 Å². The maximum absolute atomic E-state index is 14.3. The number of benzene rings is 1. The largest absolute Gasteiger partial charge is 0.490 e. The first-order valence-electron chi connectivity index (χ1n) is 10.0. The zero-order valence-corrected chi connectivity index (χ0v) is 21.0. The van der Waals surface area contributed by atoms with Gasteiger partial charge in [-0.2, -0.15) is 0 Å². The van der Waals surface area contributed by atoms with Gasteiger partial charge in [0.25, 0.3) is 0 Å². The number of halogens is 2. The van der Waals surface area contributed by atoms with E-state index in [1.807, 2.05) is 19.9 Å². The van der Waals surface area contributed by atoms with Crippen molar-refractivity contribution in [1.29, 1.82) is 0 Å². The van der Waals surface area contributed by atoms with E-state index in [9.17, 15) is 12.8 Å². The van der Waals surface area contributed by atoms with Crippen molar-refractivity contribution in [3.8, 4) is 5.75 Å². The van der Waals surface area contributed by atoms with E-state index in [-0.39, 0.29) is 48.2 Å². The summed E-state index contributed by atoms with van der Waals surface area (Å²) in [5.74, 6) is 1.08. The van der Waals surface area contributed by atoms with E-state index < -0.39 is 9.84 Å². The molecule has 0 aromatic heterocycles. The van der Waals surface area contributed by atoms with Gasteiger partial charge in [0, 0.05) is 12.8 Å². The molecule has 2 rings (SSSR count). The van der Waals surface area contributed by atoms with Crippen molar-refractivity contribution in [2.24, 2.45) is 10.9 Å². The minimum absolute atomic E-state index is 0. The van der Waals surface area contributed by atoms with Gasteiger partial charge in [-0.15, -0.1) is 24.0 Å². The van der Waals surface area contributed by atoms with Crippen molar-refractivity contribution in [2.45, 2.75) is 32.7 Å². The highest BCUT2D eigenvalue weighted by atomic mass is 127. The summed E-state index contributed by atoms with van der Waals surface area (Å²) in [4.78, 5) is 4.41. The van der Waals surface area contributed by atoms with Crippen molar-refractivity contribution in [3.63, 3.8) is 0 Å². The molecule has 1 aliphatic rings. The average Bonchev–Trinajstić information content (AvgIpc) is 3.47. The maximum atomic E-state index is 14.3. The quantitative estimate of drug-likeness (QED) is 0.178. The molecular formula is C20H33FIN3O4S. The Morgan fingerprint density at radius 1 is 1.33 bits per heavy atom. The Balaban J connectivity index is 0.00000450. The molecule has 1 aromatic carbocycles. The zero-order chi connectivity index (χ0) is 21.3. The fourth-order valence-corrected chi connectivity index (χ4v) is 2.96. The van der Waals surface area contributed by atoms with Crippen molar-refractivity contribution in [3.05, 3.63) is 29.6 Å². The first-order valence-corrected chi connectivity index (χ1v) is 12.1. The number of rotatable bonds is 12. The SMILES string of the molecule is CCNC(=NCCOCCS(C)(=O)=O)NC(C)c1ccc(OCC2CC2)c(F)c1.I. The number of guanidine groups is 1. The van der Waals surface area contributed by atoms with E-state index in [0.717, 1.165) is 18.4 Å². The second-order valence-corrected chi connectivity index (χ2v) is 9.57. The van der Waals surface area contributed by atoms with Crippen molar-refractivity contribution in [2.75, 3.05) is 44.9 Å². The highest BCUT2D eigenvalue weighted by molar-refractivity contribution is 14.0. The van der Waals surface area contributed by atoms with Gasteiger partial charge in [0.2, 0.25) is 0 Å². The third-order valence-electron chi connectivity index (χ3n) is 4.43. The average molecular weight is 557 g/mol. The van der Waals surface area contributed by atoms with Crippen LogP contribution >= 0.6 is 24.0 Å². The third kappa shape index (κ3) is 10.8. The highest BCUT2D eigenvalue weighted by Crippen LogP contribution is 2.30. The molecule has 30 heavy (non-hydrogen) atoms. The first-order chi connectivity index (χ1) is 13.8. The minimum atomic E-state index is -3.02. The summed E-state index contributed by atoms with van der Waals surface area (Å²) in [6, 6.07) is 4.84. The van der Waals surface area contributed by atoms with Crippen LogP contribution < -0.4 is 15.4 Å². The van der Waals surface area contributed by atoms with Crippen LogP contribution in [0, 0.1) is 11.7 Å². The van der Waals surface area contributed by atoms with Crippen molar-refractivity contribution < 1.29 is 22.3 Å². The van der Waals surface area contributed by atoms with Crippen LogP contribution in [0.4, 0.5) is 4.39 Å². The number of nitrogens with zero attached hydrogens (tertiary/aromatic N) is 1. The minimum Gasteiger partial charge on any atom is -0.490 e. The van der Waals surface area contributed by atoms with Crippen LogP contribution in [0.2, 0.25) is 0 Å². The van der Waals surface area contributed by atoms with Gasteiger partial charge >= 0.3 is 0 Å². The van der Waals surface area contributed by atoms with Crippen LogP contribution in [0.15, 0.2) is 23.2 Å². The molecule has 1 aromatic rings. The summed E-state index contributed by atoms with van der Waals surface area (Å²) in [6.45, 7) is 5.99. The van der Waals surface area contributed by atoms with Crippen LogP contribution in [0.3, 0.4) is 0 Å². The van der Waals surface area contributed by atoms with Gasteiger partial charge in [-0.25, -0.2) is 12.8 Å². The van der Waals surface area contributed by atoms with Crippen LogP contribution in [0.1, 0.15) is 38.3 Å². The Kier molecular flexibility index (Phi) is 11.9. The van der Waals surface area contributed by atoms with E-state index in [0.29, 0.717) is 43.9 Å². The molecule has 0 bridgehead atoms. The van der Waals surface area contributed by atoms with Crippen molar-refractivity contribution in [1.82, 2.24) is 10.6 Å². The van der Waals surface area contributed by atoms with Gasteiger partial charge in [0.15, 0.2) is 17.5 Å². The van der Waals surface area contributed by atoms with Gasteiger partial charge in [0.05, 0.1) is 38.2 Å². The third-order valence-corrected chi connectivity index (χ3v) is 5.34. The standard InChI is InChI=1S/C20H32FN3O4S.HI/c1-4-22-20(23-9-10-27-11-12-29(3,25)26)24-15(2)17-7-8-19(18(21)13-17)28-14-16-5-6-16;/h7-8,13,15-16H,4-6,9-12,14H2,1-3H3,(H2,22,23,24);1H. The lowest BCUT2D eigenvalue weighted by atomic mass is 10.1. The molecule has 1 saturated carbocycles. The smallest absolute Gasteiger partial charge is 0.191 e. The maximum Gasteiger partial charge on any atom is 0.191 e. The van der Waals surface area contributed by atoms with E-state index in [1.165, 1.54) is 12.3 Å². The molecule has 0 radical (unpaired) electrons. The van der Waals surface area contributed by atoms with Gasteiger partial charge in [-0.3, -0.25) is 4.99 Å². The molecular weight excluding hydrogens is 524 g/mol. The van der Waals surface area contributed by atoms with Crippen molar-refractivity contribution >= 4 is 39.8 Å². The molecule has 0 aliphatic heterocycles. The van der Waals surface area contributed by atoms with Gasteiger partial charge in [0.1, 0.15) is 9.84 Å². The lowest BCUT2D eigenvalue weighted by Gasteiger charge is -2.19. The van der Waals surface area contributed by atoms with Crippen LogP contribution in [0.5, 0.6) is 5.75 Å². The summed E-state index contributed by atoms with van der Waals surface area (Å²) in [5.41, 5.74) is 0.788. The molecule has 1 unspecified atom stereocenters. The number of sulfone groups is 1. The molecule has 0 spiro atoms. The normalized spacial score (nSPS) is 15.3. The Morgan fingerprint density at radius 2 is 2.07 bits per heavy atom. The Labute approximate surface area is 196 Å². The summed E-state index contributed by atoms with van der Waals surface area (Å²) in [6.07, 6.45) is 3.50. The van der Waals surface area contributed by atoms with Gasteiger partial charge in [-0.1, -0.05) is 6.07 Å². The monoisotopic (exact) mass is 557 g/mol. The van der Waals surface area contributed by atoms with Gasteiger partial charge < -0.3 is 20.1 Å². The zero-order valence-electron chi connectivity index (χ0n) is 17.8. The summed E-state index contributed by atoms with van der Waals surface area (Å²) >= 11 is 0. The summed E-state index contributed by atoms with van der Waals surface area (Å²) in [7, 11) is -3.02. The Bertz CT molecular complexity index is 788. The van der Waals surface area contributed by atoms with E-state index in [2.05, 4.69) is 15.6 Å². The molecule has 1 atom stereocenters. The number of hydrogen-bond acceptors (Lipinski definition) is 5. The predicted octanol–water partition coefficient (Wildman–Crippen LogP) is 2.91. The number of nitrogens with one attached hydrogen (secondary N) is 2. The van der Waals surface area contributed by atoms with Crippen LogP contribution in [-0.2, 0) is 14.6 Å². The molecule has 1 aliphatic carbocycles. The molecule has 172 valence electrons. The van der Waals surface area contributed by atoms with E-state index in [1.54, 1.807) is 6.07 Å². The summed E-state index contributed by atoms with van der Waals surface area (Å²) < 4.78 is 47.3. The van der Waals surface area contributed by atoms with E-state index in [4.69, 9.17) is 9.47 Å². The molecule has 0 amide bonds. The van der Waals surface area contributed by atoms with Gasteiger partial charge in [-0.05, 0) is 50.3 Å². The molecule has 1 fully saturated rings. The number of aliphatic imine (C=N–C) groups is 1. The molecule has 2 N–H and O–H groups in total. The fourth-order valence-electron chi connectivity index (χ4n) is 2.54. The molecule has 0 saturated heterocycles. The Hall–Kier alpha value is -1.14. The number of ether oxygens (including phenoxy) is 2. The topological polar surface area (TPSA) is 89.0 Å². The van der Waals surface area contributed by atoms with Crippen LogP contribution in [-0.4, -0.2) is 59.3 Å². The highest BCUT2D eigenvalue weighted by Gasteiger charge is 2.22.